The van der Waals surface area contributed by atoms with Crippen LogP contribution in [-0.2, 0) is 15.4 Å². The number of carbonyl (C=O) groups is 1. The Labute approximate surface area is 152 Å². The van der Waals surface area contributed by atoms with Crippen LogP contribution in [0.15, 0.2) is 64.0 Å². The molecule has 1 atom stereocenters. The number of thiol groups is 1. The SMILES string of the molecule is COc1ccc2c(Oc3ccc(/[SH](=O)=N/C(=O)CN)cc3)ccnc2c1. The summed E-state index contributed by atoms with van der Waals surface area (Å²) in [4.78, 5) is 15.9. The van der Waals surface area contributed by atoms with E-state index in [9.17, 15) is 9.00 Å². The molecule has 0 bridgehead atoms. The Hall–Kier alpha value is -2.97. The molecule has 134 valence electrons. The summed E-state index contributed by atoms with van der Waals surface area (Å²) in [5, 5.41) is 0.840. The van der Waals surface area contributed by atoms with E-state index in [4.69, 9.17) is 15.2 Å². The molecule has 0 spiro atoms. The quantitative estimate of drug-likeness (QED) is 0.668. The molecule has 0 aliphatic rings. The first-order chi connectivity index (χ1) is 12.6. The molecule has 0 fully saturated rings. The number of methoxy groups -OCH3 is 1. The fourth-order valence-electron chi connectivity index (χ4n) is 2.29. The van der Waals surface area contributed by atoms with E-state index in [0.29, 0.717) is 22.1 Å². The van der Waals surface area contributed by atoms with Crippen molar-refractivity contribution in [3.63, 3.8) is 0 Å². The summed E-state index contributed by atoms with van der Waals surface area (Å²) >= 11 is 0. The highest BCUT2D eigenvalue weighted by molar-refractivity contribution is 7.75. The van der Waals surface area contributed by atoms with Gasteiger partial charge in [0.2, 0.25) is 0 Å². The molecule has 26 heavy (non-hydrogen) atoms. The third-order valence-electron chi connectivity index (χ3n) is 3.57. The minimum absolute atomic E-state index is 0.262. The maximum absolute atomic E-state index is 12.0. The fraction of sp³-hybridized carbons (Fsp3) is 0.111. The summed E-state index contributed by atoms with van der Waals surface area (Å²) in [6.45, 7) is -0.262. The molecular formula is C18H17N3O4S. The topological polar surface area (TPSA) is 104 Å². The van der Waals surface area contributed by atoms with Crippen molar-refractivity contribution in [2.75, 3.05) is 13.7 Å². The van der Waals surface area contributed by atoms with Gasteiger partial charge in [-0.05, 0) is 42.5 Å². The molecule has 0 saturated heterocycles. The summed E-state index contributed by atoms with van der Waals surface area (Å²) in [6.07, 6.45) is 1.65. The maximum Gasteiger partial charge on any atom is 0.267 e. The highest BCUT2D eigenvalue weighted by Gasteiger charge is 2.06. The predicted molar refractivity (Wildman–Crippen MR) is 99.1 cm³/mol. The highest BCUT2D eigenvalue weighted by atomic mass is 32.2. The van der Waals surface area contributed by atoms with Gasteiger partial charge in [-0.1, -0.05) is 0 Å². The molecule has 8 heteroatoms. The third kappa shape index (κ3) is 3.98. The molecule has 0 aliphatic carbocycles. The van der Waals surface area contributed by atoms with Crippen LogP contribution < -0.4 is 15.2 Å². The second-order valence-electron chi connectivity index (χ2n) is 5.26. The van der Waals surface area contributed by atoms with Gasteiger partial charge in [-0.3, -0.25) is 9.78 Å². The number of hydrogen-bond donors (Lipinski definition) is 2. The smallest absolute Gasteiger partial charge is 0.267 e. The molecule has 7 nitrogen and oxygen atoms in total. The Balaban J connectivity index is 1.86. The molecule has 2 N–H and O–H groups in total. The molecule has 0 radical (unpaired) electrons. The molecule has 1 unspecified atom stereocenters. The van der Waals surface area contributed by atoms with E-state index < -0.39 is 16.5 Å². The van der Waals surface area contributed by atoms with Gasteiger partial charge in [-0.2, -0.15) is 4.36 Å². The lowest BCUT2D eigenvalue weighted by molar-refractivity contribution is -0.116. The van der Waals surface area contributed by atoms with Gasteiger partial charge in [0, 0.05) is 22.5 Å². The van der Waals surface area contributed by atoms with Gasteiger partial charge in [0.05, 0.1) is 29.8 Å². The molecule has 2 aromatic carbocycles. The molecule has 1 aromatic heterocycles. The van der Waals surface area contributed by atoms with Crippen molar-refractivity contribution in [2.45, 2.75) is 4.90 Å². The van der Waals surface area contributed by atoms with Crippen molar-refractivity contribution in [1.29, 1.82) is 0 Å². The average Bonchev–Trinajstić information content (AvgIpc) is 2.68. The first-order valence-electron chi connectivity index (χ1n) is 7.73. The Morgan fingerprint density at radius 1 is 1.15 bits per heavy atom. The van der Waals surface area contributed by atoms with Crippen LogP contribution in [0.5, 0.6) is 17.2 Å². The number of pyridine rings is 1. The zero-order valence-corrected chi connectivity index (χ0v) is 14.8. The van der Waals surface area contributed by atoms with Gasteiger partial charge >= 0.3 is 0 Å². The number of amides is 1. The van der Waals surface area contributed by atoms with E-state index in [1.165, 1.54) is 0 Å². The largest absolute Gasteiger partial charge is 0.497 e. The second-order valence-corrected chi connectivity index (χ2v) is 6.52. The summed E-state index contributed by atoms with van der Waals surface area (Å²) in [7, 11) is -0.562. The van der Waals surface area contributed by atoms with Crippen LogP contribution in [0, 0.1) is 0 Å². The van der Waals surface area contributed by atoms with Crippen molar-refractivity contribution in [1.82, 2.24) is 4.98 Å². The molecule has 1 heterocycles. The Morgan fingerprint density at radius 2 is 1.88 bits per heavy atom. The lowest BCUT2D eigenvalue weighted by Crippen LogP contribution is -2.10. The minimum atomic E-state index is -2.16. The van der Waals surface area contributed by atoms with Crippen LogP contribution in [0.1, 0.15) is 0 Å². The molecule has 0 aliphatic heterocycles. The number of aromatic nitrogens is 1. The van der Waals surface area contributed by atoms with Crippen LogP contribution in [0.4, 0.5) is 0 Å². The third-order valence-corrected chi connectivity index (χ3v) is 4.72. The number of ether oxygens (including phenoxy) is 2. The average molecular weight is 371 g/mol. The monoisotopic (exact) mass is 371 g/mol. The van der Waals surface area contributed by atoms with Gasteiger partial charge < -0.3 is 15.2 Å². The first kappa shape index (κ1) is 17.8. The van der Waals surface area contributed by atoms with Crippen LogP contribution in [-0.4, -0.2) is 28.8 Å². The Bertz CT molecular complexity index is 1030. The summed E-state index contributed by atoms with van der Waals surface area (Å²) in [6, 6.07) is 13.8. The number of benzene rings is 2. The van der Waals surface area contributed by atoms with Gasteiger partial charge in [-0.25, -0.2) is 4.21 Å². The molecule has 1 amide bonds. The van der Waals surface area contributed by atoms with Crippen LogP contribution in [0.2, 0.25) is 0 Å². The van der Waals surface area contributed by atoms with E-state index in [2.05, 4.69) is 9.35 Å². The Morgan fingerprint density at radius 3 is 2.58 bits per heavy atom. The first-order valence-corrected chi connectivity index (χ1v) is 8.94. The summed E-state index contributed by atoms with van der Waals surface area (Å²) < 4.78 is 26.6. The van der Waals surface area contributed by atoms with Gasteiger partial charge in [0.15, 0.2) is 0 Å². The zero-order valence-electron chi connectivity index (χ0n) is 14.0. The maximum atomic E-state index is 12.0. The second kappa shape index (κ2) is 7.94. The number of nitrogens with zero attached hydrogens (tertiary/aromatic N) is 2. The lowest BCUT2D eigenvalue weighted by atomic mass is 10.2. The molecule has 3 aromatic rings. The van der Waals surface area contributed by atoms with E-state index in [0.717, 1.165) is 10.9 Å². The standard InChI is InChI=1S/C18H17N3O4S/c1-24-13-4-7-15-16(10-13)20-9-8-17(15)25-12-2-5-14(6-3-12)26(23)21-18(22)11-19/h2-10,26H,11,19H2,1H3. The van der Waals surface area contributed by atoms with Crippen molar-refractivity contribution in [3.05, 3.63) is 54.7 Å². The van der Waals surface area contributed by atoms with Gasteiger partial charge in [0.1, 0.15) is 17.2 Å². The molecule has 3 rings (SSSR count). The van der Waals surface area contributed by atoms with Crippen molar-refractivity contribution < 1.29 is 18.5 Å². The predicted octanol–water partition coefficient (Wildman–Crippen LogP) is 2.54. The summed E-state index contributed by atoms with van der Waals surface area (Å²) in [5.74, 6) is 1.32. The van der Waals surface area contributed by atoms with E-state index in [1.807, 2.05) is 18.2 Å². The van der Waals surface area contributed by atoms with E-state index in [-0.39, 0.29) is 6.54 Å². The number of nitrogens with two attached hydrogens (primary N) is 1. The van der Waals surface area contributed by atoms with Crippen LogP contribution >= 0.6 is 0 Å². The van der Waals surface area contributed by atoms with E-state index >= 15 is 0 Å². The van der Waals surface area contributed by atoms with E-state index in [1.54, 1.807) is 43.6 Å². The lowest BCUT2D eigenvalue weighted by Gasteiger charge is -2.09. The molecular weight excluding hydrogens is 354 g/mol. The van der Waals surface area contributed by atoms with Crippen molar-refractivity contribution >= 4 is 27.4 Å². The van der Waals surface area contributed by atoms with Crippen molar-refractivity contribution in [2.24, 2.45) is 10.1 Å². The Kier molecular flexibility index (Phi) is 5.45. The van der Waals surface area contributed by atoms with Gasteiger partial charge in [0.25, 0.3) is 5.91 Å². The van der Waals surface area contributed by atoms with Crippen LogP contribution in [0.3, 0.4) is 0 Å². The number of rotatable bonds is 5. The number of carbonyl (C=O) groups excluding carboxylic acids is 1. The van der Waals surface area contributed by atoms with Crippen LogP contribution in [0.25, 0.3) is 10.9 Å². The normalized spacial score (nSPS) is 12.1. The van der Waals surface area contributed by atoms with Crippen molar-refractivity contribution in [3.8, 4) is 17.2 Å². The zero-order chi connectivity index (χ0) is 18.5. The summed E-state index contributed by atoms with van der Waals surface area (Å²) in [5.41, 5.74) is 5.92. The minimum Gasteiger partial charge on any atom is -0.497 e. The highest BCUT2D eigenvalue weighted by Crippen LogP contribution is 2.30. The molecule has 0 saturated carbocycles. The number of hydrogen-bond acceptors (Lipinski definition) is 6. The fourth-order valence-corrected chi connectivity index (χ4v) is 3.09. The van der Waals surface area contributed by atoms with Gasteiger partial charge in [-0.15, -0.1) is 0 Å². The number of fused-ring (bicyclic) bond motifs is 1.